The highest BCUT2D eigenvalue weighted by molar-refractivity contribution is 9.09. The molecule has 0 aromatic rings. The predicted molar refractivity (Wildman–Crippen MR) is 47.8 cm³/mol. The van der Waals surface area contributed by atoms with E-state index in [0.717, 1.165) is 18.8 Å². The van der Waals surface area contributed by atoms with Crippen molar-refractivity contribution in [2.45, 2.75) is 36.9 Å². The number of halogens is 1. The van der Waals surface area contributed by atoms with Gasteiger partial charge in [0, 0.05) is 17.7 Å². The van der Waals surface area contributed by atoms with Crippen molar-refractivity contribution >= 4 is 21.7 Å². The molecule has 0 spiro atoms. The molecular weight excluding hydrogens is 204 g/mol. The molecule has 2 aliphatic carbocycles. The van der Waals surface area contributed by atoms with Gasteiger partial charge in [0.1, 0.15) is 5.78 Å². The Morgan fingerprint density at radius 2 is 2.09 bits per heavy atom. The van der Waals surface area contributed by atoms with Crippen molar-refractivity contribution < 1.29 is 4.79 Å². The lowest BCUT2D eigenvalue weighted by Crippen LogP contribution is -2.23. The van der Waals surface area contributed by atoms with Crippen molar-refractivity contribution in [2.24, 2.45) is 11.8 Å². The molecule has 11 heavy (non-hydrogen) atoms. The van der Waals surface area contributed by atoms with E-state index in [-0.39, 0.29) is 0 Å². The summed E-state index contributed by atoms with van der Waals surface area (Å²) in [5.74, 6) is 1.89. The zero-order valence-corrected chi connectivity index (χ0v) is 8.14. The fraction of sp³-hybridized carbons (Fsp3) is 0.889. The summed E-state index contributed by atoms with van der Waals surface area (Å²) in [5, 5.41) is 0. The summed E-state index contributed by atoms with van der Waals surface area (Å²) in [7, 11) is 0. The van der Waals surface area contributed by atoms with Crippen LogP contribution in [0.1, 0.15) is 32.1 Å². The van der Waals surface area contributed by atoms with E-state index in [1.165, 1.54) is 19.3 Å². The van der Waals surface area contributed by atoms with Gasteiger partial charge in [0.2, 0.25) is 0 Å². The number of ketones is 1. The first-order chi connectivity index (χ1) is 5.27. The van der Waals surface area contributed by atoms with Crippen LogP contribution in [0.4, 0.5) is 0 Å². The summed E-state index contributed by atoms with van der Waals surface area (Å²) in [6.07, 6.45) is 5.59. The van der Waals surface area contributed by atoms with Crippen molar-refractivity contribution in [1.82, 2.24) is 0 Å². The number of hydrogen-bond donors (Lipinski definition) is 0. The zero-order valence-electron chi connectivity index (χ0n) is 6.55. The number of carbonyl (C=O) groups is 1. The smallest absolute Gasteiger partial charge is 0.133 e. The van der Waals surface area contributed by atoms with Gasteiger partial charge in [-0.3, -0.25) is 4.79 Å². The first kappa shape index (κ1) is 7.78. The minimum Gasteiger partial charge on any atom is -0.300 e. The normalized spacial score (nSPS) is 44.1. The molecule has 0 bridgehead atoms. The highest BCUT2D eigenvalue weighted by Gasteiger charge is 2.39. The van der Waals surface area contributed by atoms with Gasteiger partial charge in [-0.1, -0.05) is 22.4 Å². The lowest BCUT2D eigenvalue weighted by molar-refractivity contribution is -0.117. The Labute approximate surface area is 75.7 Å². The number of fused-ring (bicyclic) bond motifs is 1. The van der Waals surface area contributed by atoms with Gasteiger partial charge in [-0.2, -0.15) is 0 Å². The maximum atomic E-state index is 11.1. The van der Waals surface area contributed by atoms with E-state index in [1.807, 2.05) is 0 Å². The maximum Gasteiger partial charge on any atom is 0.133 e. The lowest BCUT2D eigenvalue weighted by Gasteiger charge is -2.29. The Bertz CT molecular complexity index is 178. The van der Waals surface area contributed by atoms with Crippen molar-refractivity contribution in [2.75, 3.05) is 0 Å². The van der Waals surface area contributed by atoms with E-state index in [2.05, 4.69) is 15.9 Å². The average molecular weight is 217 g/mol. The third-order valence-corrected chi connectivity index (χ3v) is 4.22. The number of alkyl halides is 1. The third-order valence-electron chi connectivity index (χ3n) is 3.08. The molecular formula is C9H13BrO. The first-order valence-electron chi connectivity index (χ1n) is 4.43. The second-order valence-electron chi connectivity index (χ2n) is 3.82. The summed E-state index contributed by atoms with van der Waals surface area (Å²) in [6, 6.07) is 0. The Balaban J connectivity index is 2.09. The maximum absolute atomic E-state index is 11.1. The standard InChI is InChI=1S/C9H13BrO/c10-9-3-1-2-6-4-7(11)5-8(6)9/h6,8-9H,1-5H2. The molecule has 0 saturated heterocycles. The molecule has 0 aromatic carbocycles. The fourth-order valence-corrected chi connectivity index (χ4v) is 3.43. The molecule has 0 radical (unpaired) electrons. The van der Waals surface area contributed by atoms with Gasteiger partial charge in [-0.15, -0.1) is 0 Å². The first-order valence-corrected chi connectivity index (χ1v) is 5.34. The predicted octanol–water partition coefficient (Wildman–Crippen LogP) is 2.53. The number of hydrogen-bond acceptors (Lipinski definition) is 1. The molecule has 0 aromatic heterocycles. The summed E-state index contributed by atoms with van der Waals surface area (Å²) in [5.41, 5.74) is 0. The van der Waals surface area contributed by atoms with Gasteiger partial charge in [-0.05, 0) is 24.7 Å². The lowest BCUT2D eigenvalue weighted by atomic mass is 9.82. The fourth-order valence-electron chi connectivity index (χ4n) is 2.49. The largest absolute Gasteiger partial charge is 0.300 e. The highest BCUT2D eigenvalue weighted by atomic mass is 79.9. The van der Waals surface area contributed by atoms with Crippen LogP contribution in [0.3, 0.4) is 0 Å². The summed E-state index contributed by atoms with van der Waals surface area (Å²) in [6.45, 7) is 0. The van der Waals surface area contributed by atoms with Gasteiger partial charge >= 0.3 is 0 Å². The molecule has 0 N–H and O–H groups in total. The van der Waals surface area contributed by atoms with Gasteiger partial charge < -0.3 is 0 Å². The Morgan fingerprint density at radius 1 is 1.27 bits per heavy atom. The van der Waals surface area contributed by atoms with Crippen LogP contribution in [0.2, 0.25) is 0 Å². The molecule has 0 amide bonds. The molecule has 2 heteroatoms. The van der Waals surface area contributed by atoms with E-state index in [4.69, 9.17) is 0 Å². The van der Waals surface area contributed by atoms with Gasteiger partial charge in [-0.25, -0.2) is 0 Å². The molecule has 2 aliphatic rings. The zero-order chi connectivity index (χ0) is 7.84. The van der Waals surface area contributed by atoms with Crippen LogP contribution in [0.15, 0.2) is 0 Å². The summed E-state index contributed by atoms with van der Waals surface area (Å²) >= 11 is 3.67. The van der Waals surface area contributed by atoms with E-state index >= 15 is 0 Å². The average Bonchev–Trinajstić information content (AvgIpc) is 2.31. The SMILES string of the molecule is O=C1CC2CCCC(Br)C2C1. The van der Waals surface area contributed by atoms with Gasteiger partial charge in [0.25, 0.3) is 0 Å². The number of Topliss-reactive ketones (excluding diaryl/α,β-unsaturated/α-hetero) is 1. The highest BCUT2D eigenvalue weighted by Crippen LogP contribution is 2.43. The Kier molecular flexibility index (Phi) is 2.04. The van der Waals surface area contributed by atoms with Crippen molar-refractivity contribution in [3.05, 3.63) is 0 Å². The third kappa shape index (κ3) is 1.37. The summed E-state index contributed by atoms with van der Waals surface area (Å²) in [4.78, 5) is 11.8. The molecule has 62 valence electrons. The van der Waals surface area contributed by atoms with E-state index in [9.17, 15) is 4.79 Å². The van der Waals surface area contributed by atoms with Gasteiger partial charge in [0.15, 0.2) is 0 Å². The second-order valence-corrected chi connectivity index (χ2v) is 4.99. The molecule has 0 heterocycles. The minimum absolute atomic E-state index is 0.492. The molecule has 1 nitrogen and oxygen atoms in total. The van der Waals surface area contributed by atoms with Crippen LogP contribution in [0.5, 0.6) is 0 Å². The van der Waals surface area contributed by atoms with E-state index < -0.39 is 0 Å². The van der Waals surface area contributed by atoms with Crippen LogP contribution < -0.4 is 0 Å². The van der Waals surface area contributed by atoms with Crippen LogP contribution in [0.25, 0.3) is 0 Å². The van der Waals surface area contributed by atoms with Crippen LogP contribution in [-0.4, -0.2) is 10.6 Å². The molecule has 2 saturated carbocycles. The van der Waals surface area contributed by atoms with Crippen molar-refractivity contribution in [3.63, 3.8) is 0 Å². The van der Waals surface area contributed by atoms with Crippen molar-refractivity contribution in [1.29, 1.82) is 0 Å². The Hall–Kier alpha value is 0.150. The molecule has 3 atom stereocenters. The quantitative estimate of drug-likeness (QED) is 0.570. The topological polar surface area (TPSA) is 17.1 Å². The van der Waals surface area contributed by atoms with Crippen LogP contribution in [0, 0.1) is 11.8 Å². The van der Waals surface area contributed by atoms with Gasteiger partial charge in [0.05, 0.1) is 0 Å². The minimum atomic E-state index is 0.492. The molecule has 0 aliphatic heterocycles. The monoisotopic (exact) mass is 216 g/mol. The van der Waals surface area contributed by atoms with E-state index in [1.54, 1.807) is 0 Å². The van der Waals surface area contributed by atoms with Crippen LogP contribution >= 0.6 is 15.9 Å². The molecule has 2 rings (SSSR count). The van der Waals surface area contributed by atoms with E-state index in [0.29, 0.717) is 16.5 Å². The van der Waals surface area contributed by atoms with Crippen LogP contribution in [-0.2, 0) is 4.79 Å². The number of rotatable bonds is 0. The molecule has 2 fully saturated rings. The molecule has 3 unspecified atom stereocenters. The summed E-state index contributed by atoms with van der Waals surface area (Å²) < 4.78 is 0. The Morgan fingerprint density at radius 3 is 2.82 bits per heavy atom. The number of carbonyl (C=O) groups excluding carboxylic acids is 1. The second kappa shape index (κ2) is 2.89. The van der Waals surface area contributed by atoms with Crippen molar-refractivity contribution in [3.8, 4) is 0 Å².